The molecule has 1 heterocycles. The summed E-state index contributed by atoms with van der Waals surface area (Å²) < 4.78 is 0. The first-order chi connectivity index (χ1) is 14.6. The zero-order valence-electron chi connectivity index (χ0n) is 17.8. The maximum Gasteiger partial charge on any atom is 0.297 e. The lowest BCUT2D eigenvalue weighted by Gasteiger charge is -2.24. The van der Waals surface area contributed by atoms with Crippen molar-refractivity contribution in [2.24, 2.45) is 10.2 Å². The van der Waals surface area contributed by atoms with Crippen LogP contribution < -0.4 is 0 Å². The summed E-state index contributed by atoms with van der Waals surface area (Å²) in [6, 6.07) is 8.36. The normalized spacial score (nSPS) is 21.4. The Hall–Kier alpha value is -2.37. The third-order valence-electron chi connectivity index (χ3n) is 7.28. The van der Waals surface area contributed by atoms with Crippen molar-refractivity contribution in [3.63, 3.8) is 0 Å². The van der Waals surface area contributed by atoms with E-state index in [0.717, 1.165) is 68.6 Å². The summed E-state index contributed by atoms with van der Waals surface area (Å²) >= 11 is 0. The number of carbonyl (C=O) groups excluding carboxylic acids is 1. The van der Waals surface area contributed by atoms with Crippen molar-refractivity contribution in [2.75, 3.05) is 19.6 Å². The van der Waals surface area contributed by atoms with E-state index in [0.29, 0.717) is 11.5 Å². The van der Waals surface area contributed by atoms with E-state index in [1.165, 1.54) is 22.3 Å². The number of nitrogens with zero attached hydrogens (tertiary/aromatic N) is 3. The molecule has 5 nitrogen and oxygen atoms in total. The lowest BCUT2D eigenvalue weighted by Crippen LogP contribution is -2.25. The Morgan fingerprint density at radius 1 is 1.00 bits per heavy atom. The second-order valence-electron chi connectivity index (χ2n) is 8.70. The molecule has 2 aromatic rings. The molecule has 3 aliphatic rings. The third-order valence-corrected chi connectivity index (χ3v) is 7.28. The second kappa shape index (κ2) is 7.71. The highest BCUT2D eigenvalue weighted by atomic mass is 16.3. The van der Waals surface area contributed by atoms with E-state index >= 15 is 0 Å². The second-order valence-corrected chi connectivity index (χ2v) is 8.70. The summed E-state index contributed by atoms with van der Waals surface area (Å²) in [5, 5.41) is 18.7. The summed E-state index contributed by atoms with van der Waals surface area (Å²) in [6.07, 6.45) is 4.44. The summed E-state index contributed by atoms with van der Waals surface area (Å²) in [6.45, 7) is 7.63. The number of amides is 1. The van der Waals surface area contributed by atoms with Gasteiger partial charge in [-0.2, -0.15) is 0 Å². The molecule has 1 aliphatic heterocycles. The van der Waals surface area contributed by atoms with Crippen LogP contribution in [-0.4, -0.2) is 35.5 Å². The highest BCUT2D eigenvalue weighted by molar-refractivity contribution is 6.06. The van der Waals surface area contributed by atoms with E-state index in [-0.39, 0.29) is 5.91 Å². The molecule has 0 fully saturated rings. The van der Waals surface area contributed by atoms with Crippen LogP contribution in [-0.2, 0) is 12.8 Å². The van der Waals surface area contributed by atoms with Gasteiger partial charge in [0.05, 0.1) is 11.7 Å². The lowest BCUT2D eigenvalue weighted by atomic mass is 9.84. The van der Waals surface area contributed by atoms with E-state index in [4.69, 9.17) is 0 Å². The summed E-state index contributed by atoms with van der Waals surface area (Å²) in [4.78, 5) is 14.8. The molecule has 0 saturated carbocycles. The highest BCUT2D eigenvalue weighted by Crippen LogP contribution is 2.51. The number of hydrogen-bond acceptors (Lipinski definition) is 4. The van der Waals surface area contributed by atoms with Crippen molar-refractivity contribution in [3.8, 4) is 11.1 Å². The van der Waals surface area contributed by atoms with Crippen LogP contribution in [0, 0.1) is 0 Å². The number of rotatable bonds is 5. The fourth-order valence-corrected chi connectivity index (χ4v) is 5.55. The quantitative estimate of drug-likeness (QED) is 0.733. The first kappa shape index (κ1) is 19.6. The van der Waals surface area contributed by atoms with Crippen LogP contribution in [0.3, 0.4) is 0 Å². The molecular weight excluding hydrogens is 374 g/mol. The smallest absolute Gasteiger partial charge is 0.297 e. The molecule has 0 bridgehead atoms. The highest BCUT2D eigenvalue weighted by Gasteiger charge is 2.34. The SMILES string of the molecule is CCN(CC)CCC1CCc2ccc3c(c2-c2c1ccc1c2N=NC1=O)CCC3O. The Bertz CT molecular complexity index is 1040. The number of benzene rings is 2. The number of fused-ring (bicyclic) bond motifs is 7. The Balaban J connectivity index is 1.68. The Morgan fingerprint density at radius 2 is 1.80 bits per heavy atom. The van der Waals surface area contributed by atoms with Gasteiger partial charge in [-0.05, 0) is 91.5 Å². The molecule has 0 spiro atoms. The topological polar surface area (TPSA) is 65.3 Å². The predicted molar refractivity (Wildman–Crippen MR) is 117 cm³/mol. The Morgan fingerprint density at radius 3 is 2.60 bits per heavy atom. The average Bonchev–Trinajstić information content (AvgIpc) is 3.28. The van der Waals surface area contributed by atoms with E-state index in [9.17, 15) is 9.90 Å². The van der Waals surface area contributed by atoms with E-state index in [1.807, 2.05) is 6.07 Å². The van der Waals surface area contributed by atoms with Gasteiger partial charge in [0.2, 0.25) is 0 Å². The van der Waals surface area contributed by atoms with Crippen molar-refractivity contribution in [1.82, 2.24) is 4.90 Å². The van der Waals surface area contributed by atoms with Gasteiger partial charge < -0.3 is 10.0 Å². The summed E-state index contributed by atoms with van der Waals surface area (Å²) in [7, 11) is 0. The van der Waals surface area contributed by atoms with Crippen LogP contribution in [0.25, 0.3) is 11.1 Å². The molecule has 5 rings (SSSR count). The fourth-order valence-electron chi connectivity index (χ4n) is 5.55. The van der Waals surface area contributed by atoms with Crippen molar-refractivity contribution in [3.05, 3.63) is 52.1 Å². The first-order valence-electron chi connectivity index (χ1n) is 11.3. The van der Waals surface area contributed by atoms with Crippen molar-refractivity contribution in [1.29, 1.82) is 0 Å². The maximum atomic E-state index is 12.3. The van der Waals surface area contributed by atoms with E-state index in [1.54, 1.807) is 0 Å². The number of aliphatic hydroxyl groups is 1. The predicted octanol–water partition coefficient (Wildman–Crippen LogP) is 5.33. The third kappa shape index (κ3) is 3.03. The van der Waals surface area contributed by atoms with Gasteiger partial charge in [-0.25, -0.2) is 0 Å². The van der Waals surface area contributed by atoms with Crippen molar-refractivity contribution in [2.45, 2.75) is 58.0 Å². The van der Waals surface area contributed by atoms with Gasteiger partial charge in [0.1, 0.15) is 5.69 Å². The molecule has 2 atom stereocenters. The van der Waals surface area contributed by atoms with E-state index < -0.39 is 6.10 Å². The van der Waals surface area contributed by atoms with Crippen LogP contribution in [0.2, 0.25) is 0 Å². The molecule has 30 heavy (non-hydrogen) atoms. The number of hydrogen-bond donors (Lipinski definition) is 1. The monoisotopic (exact) mass is 403 g/mol. The maximum absolute atomic E-state index is 12.3. The molecule has 0 saturated heterocycles. The van der Waals surface area contributed by atoms with Gasteiger partial charge in [-0.15, -0.1) is 10.2 Å². The van der Waals surface area contributed by atoms with Crippen molar-refractivity contribution >= 4 is 11.6 Å². The van der Waals surface area contributed by atoms with Crippen LogP contribution >= 0.6 is 0 Å². The zero-order valence-corrected chi connectivity index (χ0v) is 17.8. The largest absolute Gasteiger partial charge is 0.388 e. The van der Waals surface area contributed by atoms with Gasteiger partial charge in [-0.1, -0.05) is 32.0 Å². The van der Waals surface area contributed by atoms with Gasteiger partial charge >= 0.3 is 0 Å². The summed E-state index contributed by atoms with van der Waals surface area (Å²) in [5.74, 6) is 0.178. The minimum absolute atomic E-state index is 0.245. The number of aliphatic hydroxyl groups excluding tert-OH is 1. The van der Waals surface area contributed by atoms with Crippen molar-refractivity contribution < 1.29 is 9.90 Å². The van der Waals surface area contributed by atoms with Gasteiger partial charge in [0.25, 0.3) is 5.91 Å². The van der Waals surface area contributed by atoms with Crippen LogP contribution in [0.4, 0.5) is 5.69 Å². The van der Waals surface area contributed by atoms with Gasteiger partial charge in [0, 0.05) is 5.56 Å². The number of aryl methyl sites for hydroxylation is 1. The molecule has 156 valence electrons. The standard InChI is InChI=1S/C25H29N3O2/c1-3-28(4-2)14-13-15-5-6-16-7-8-18-19(11-12-21(18)29)22(16)23-17(15)9-10-20-24(23)26-27-25(20)30/h7-10,15,21,29H,3-6,11-14H2,1-2H3. The molecule has 2 aliphatic carbocycles. The molecule has 0 aromatic heterocycles. The zero-order chi connectivity index (χ0) is 20.8. The molecule has 5 heteroatoms. The first-order valence-corrected chi connectivity index (χ1v) is 11.3. The minimum Gasteiger partial charge on any atom is -0.388 e. The molecule has 1 N–H and O–H groups in total. The van der Waals surface area contributed by atoms with E-state index in [2.05, 4.69) is 47.2 Å². The van der Waals surface area contributed by atoms with Crippen LogP contribution in [0.1, 0.15) is 77.7 Å². The molecule has 2 unspecified atom stereocenters. The fraction of sp³-hybridized carbons (Fsp3) is 0.480. The number of carbonyl (C=O) groups is 1. The van der Waals surface area contributed by atoms with Crippen LogP contribution in [0.5, 0.6) is 0 Å². The minimum atomic E-state index is -0.393. The van der Waals surface area contributed by atoms with Gasteiger partial charge in [-0.3, -0.25) is 4.79 Å². The van der Waals surface area contributed by atoms with Gasteiger partial charge in [0.15, 0.2) is 0 Å². The lowest BCUT2D eigenvalue weighted by molar-refractivity contribution is 0.100. The average molecular weight is 404 g/mol. The Kier molecular flexibility index (Phi) is 5.03. The number of azo groups is 1. The molecule has 1 amide bonds. The molecule has 2 aromatic carbocycles. The summed E-state index contributed by atoms with van der Waals surface area (Å²) in [5.41, 5.74) is 8.57. The van der Waals surface area contributed by atoms with Crippen LogP contribution in [0.15, 0.2) is 34.5 Å². The Labute approximate surface area is 177 Å². The molecular formula is C25H29N3O2. The molecule has 0 radical (unpaired) electrons.